The third-order valence-corrected chi connectivity index (χ3v) is 2.47. The Morgan fingerprint density at radius 1 is 1.08 bits per heavy atom. The molecule has 12 heavy (non-hydrogen) atoms. The van der Waals surface area contributed by atoms with Crippen molar-refractivity contribution in [2.75, 3.05) is 0 Å². The molecule has 0 bridgehead atoms. The van der Waals surface area contributed by atoms with E-state index in [0.29, 0.717) is 5.02 Å². The number of benzene rings is 1. The highest BCUT2D eigenvalue weighted by atomic mass is 79.9. The molecule has 60 valence electrons. The Bertz CT molecular complexity index is 390. The van der Waals surface area contributed by atoms with E-state index < -0.39 is 0 Å². The van der Waals surface area contributed by atoms with Crippen molar-refractivity contribution < 1.29 is 0 Å². The van der Waals surface area contributed by atoms with Crippen LogP contribution < -0.4 is 0 Å². The topological polar surface area (TPSA) is 25.8 Å². The highest BCUT2D eigenvalue weighted by Gasteiger charge is 2.03. The molecule has 0 spiro atoms. The Morgan fingerprint density at radius 2 is 1.75 bits per heavy atom. The molecule has 0 radical (unpaired) electrons. The Hall–Kier alpha value is -0.670. The Balaban J connectivity index is 2.95. The second-order valence-electron chi connectivity index (χ2n) is 2.28. The molecular weight excluding hydrogens is 239 g/mol. The summed E-state index contributed by atoms with van der Waals surface area (Å²) in [6, 6.07) is 3.65. The van der Waals surface area contributed by atoms with E-state index in [1.807, 2.05) is 6.07 Å². The summed E-state index contributed by atoms with van der Waals surface area (Å²) in [6.45, 7) is 0. The van der Waals surface area contributed by atoms with E-state index in [1.54, 1.807) is 18.5 Å². The van der Waals surface area contributed by atoms with Gasteiger partial charge in [0, 0.05) is 16.9 Å². The van der Waals surface area contributed by atoms with Gasteiger partial charge in [-0.25, -0.2) is 0 Å². The quantitative estimate of drug-likeness (QED) is 0.711. The third kappa shape index (κ3) is 1.19. The molecule has 0 N–H and O–H groups in total. The number of fused-ring (bicyclic) bond motifs is 1. The highest BCUT2D eigenvalue weighted by Crippen LogP contribution is 2.25. The van der Waals surface area contributed by atoms with Gasteiger partial charge in [0.25, 0.3) is 0 Å². The first-order valence-corrected chi connectivity index (χ1v) is 4.51. The van der Waals surface area contributed by atoms with Crippen LogP contribution in [0.3, 0.4) is 0 Å². The minimum atomic E-state index is 0.626. The summed E-state index contributed by atoms with van der Waals surface area (Å²) in [6.07, 6.45) is 3.27. The van der Waals surface area contributed by atoms with Crippen molar-refractivity contribution in [3.8, 4) is 0 Å². The van der Waals surface area contributed by atoms with Gasteiger partial charge in [0.1, 0.15) is 11.0 Å². The molecule has 0 saturated carbocycles. The average Bonchev–Trinajstić information content (AvgIpc) is 2.12. The lowest BCUT2D eigenvalue weighted by atomic mass is 10.3. The van der Waals surface area contributed by atoms with E-state index in [1.165, 1.54) is 0 Å². The molecule has 0 unspecified atom stereocenters. The van der Waals surface area contributed by atoms with Gasteiger partial charge in [-0.3, -0.25) is 9.97 Å². The van der Waals surface area contributed by atoms with Crippen molar-refractivity contribution in [1.29, 1.82) is 0 Å². The van der Waals surface area contributed by atoms with Gasteiger partial charge in [-0.15, -0.1) is 0 Å². The first kappa shape index (κ1) is 7.95. The fraction of sp³-hybridized carbons (Fsp3) is 0. The highest BCUT2D eigenvalue weighted by molar-refractivity contribution is 9.10. The number of hydrogen-bond donors (Lipinski definition) is 0. The third-order valence-electron chi connectivity index (χ3n) is 1.53. The van der Waals surface area contributed by atoms with Gasteiger partial charge in [0.2, 0.25) is 0 Å². The first-order valence-electron chi connectivity index (χ1n) is 3.34. The molecule has 0 aliphatic carbocycles. The van der Waals surface area contributed by atoms with Gasteiger partial charge in [0.15, 0.2) is 0 Å². The van der Waals surface area contributed by atoms with Crippen LogP contribution in [0.15, 0.2) is 29.0 Å². The van der Waals surface area contributed by atoms with E-state index in [0.717, 1.165) is 15.5 Å². The van der Waals surface area contributed by atoms with Crippen LogP contribution in [0.2, 0.25) is 5.02 Å². The van der Waals surface area contributed by atoms with E-state index >= 15 is 0 Å². The zero-order valence-electron chi connectivity index (χ0n) is 5.96. The Morgan fingerprint density at radius 3 is 2.42 bits per heavy atom. The van der Waals surface area contributed by atoms with Gasteiger partial charge >= 0.3 is 0 Å². The lowest BCUT2D eigenvalue weighted by Crippen LogP contribution is -1.83. The second-order valence-corrected chi connectivity index (χ2v) is 3.54. The number of aromatic nitrogens is 2. The normalized spacial score (nSPS) is 10.5. The molecule has 0 aliphatic rings. The monoisotopic (exact) mass is 242 g/mol. The minimum Gasteiger partial charge on any atom is -0.252 e. The summed E-state index contributed by atoms with van der Waals surface area (Å²) < 4.78 is 0.912. The number of halogens is 2. The molecule has 4 heteroatoms. The SMILES string of the molecule is Clc1ccc(Br)c2nccnc12. The molecule has 0 saturated heterocycles. The molecule has 2 aromatic rings. The van der Waals surface area contributed by atoms with Gasteiger partial charge in [-0.2, -0.15) is 0 Å². The molecule has 1 aromatic heterocycles. The maximum absolute atomic E-state index is 5.91. The van der Waals surface area contributed by atoms with Gasteiger partial charge in [0.05, 0.1) is 5.02 Å². The number of rotatable bonds is 0. The summed E-state index contributed by atoms with van der Waals surface area (Å²) >= 11 is 9.28. The molecular formula is C8H4BrClN2. The van der Waals surface area contributed by atoms with Crippen LogP contribution in [-0.4, -0.2) is 9.97 Å². The van der Waals surface area contributed by atoms with Crippen LogP contribution in [0.5, 0.6) is 0 Å². The van der Waals surface area contributed by atoms with E-state index in [4.69, 9.17) is 11.6 Å². The zero-order valence-corrected chi connectivity index (χ0v) is 8.30. The zero-order chi connectivity index (χ0) is 8.55. The number of nitrogens with zero attached hydrogens (tertiary/aromatic N) is 2. The molecule has 2 rings (SSSR count). The van der Waals surface area contributed by atoms with E-state index in [2.05, 4.69) is 25.9 Å². The minimum absolute atomic E-state index is 0.626. The van der Waals surface area contributed by atoms with Crippen molar-refractivity contribution in [2.24, 2.45) is 0 Å². The van der Waals surface area contributed by atoms with Crippen LogP contribution in [-0.2, 0) is 0 Å². The fourth-order valence-electron chi connectivity index (χ4n) is 0.992. The largest absolute Gasteiger partial charge is 0.252 e. The maximum atomic E-state index is 5.91. The average molecular weight is 243 g/mol. The maximum Gasteiger partial charge on any atom is 0.108 e. The summed E-state index contributed by atoms with van der Waals surface area (Å²) in [5.74, 6) is 0. The predicted octanol–water partition coefficient (Wildman–Crippen LogP) is 3.05. The summed E-state index contributed by atoms with van der Waals surface area (Å²) in [5.41, 5.74) is 1.53. The van der Waals surface area contributed by atoms with Crippen molar-refractivity contribution >= 4 is 38.6 Å². The van der Waals surface area contributed by atoms with Crippen molar-refractivity contribution in [3.63, 3.8) is 0 Å². The van der Waals surface area contributed by atoms with Gasteiger partial charge < -0.3 is 0 Å². The van der Waals surface area contributed by atoms with Crippen LogP contribution in [0.25, 0.3) is 11.0 Å². The van der Waals surface area contributed by atoms with Crippen molar-refractivity contribution in [1.82, 2.24) is 9.97 Å². The van der Waals surface area contributed by atoms with Crippen LogP contribution >= 0.6 is 27.5 Å². The van der Waals surface area contributed by atoms with Crippen LogP contribution in [0.1, 0.15) is 0 Å². The number of hydrogen-bond acceptors (Lipinski definition) is 2. The standard InChI is InChI=1S/C8H4BrClN2/c9-5-1-2-6(10)8-7(5)11-3-4-12-8/h1-4H. The molecule has 2 nitrogen and oxygen atoms in total. The molecule has 0 aliphatic heterocycles. The van der Waals surface area contributed by atoms with E-state index in [9.17, 15) is 0 Å². The molecule has 0 atom stereocenters. The predicted molar refractivity (Wildman–Crippen MR) is 52.2 cm³/mol. The summed E-state index contributed by atoms with van der Waals surface area (Å²) in [7, 11) is 0. The Labute approximate surface area is 82.7 Å². The van der Waals surface area contributed by atoms with Crippen molar-refractivity contribution in [2.45, 2.75) is 0 Å². The molecule has 0 fully saturated rings. The molecule has 0 amide bonds. The van der Waals surface area contributed by atoms with Gasteiger partial charge in [-0.05, 0) is 28.1 Å². The fourth-order valence-corrected chi connectivity index (χ4v) is 1.62. The van der Waals surface area contributed by atoms with E-state index in [-0.39, 0.29) is 0 Å². The molecule has 1 aromatic carbocycles. The molecule has 1 heterocycles. The van der Waals surface area contributed by atoms with Crippen molar-refractivity contribution in [3.05, 3.63) is 34.0 Å². The van der Waals surface area contributed by atoms with Crippen LogP contribution in [0, 0.1) is 0 Å². The Kier molecular flexibility index (Phi) is 1.98. The summed E-state index contributed by atoms with van der Waals surface area (Å²) in [5, 5.41) is 0.626. The lowest BCUT2D eigenvalue weighted by Gasteiger charge is -1.99. The first-order chi connectivity index (χ1) is 5.79. The van der Waals surface area contributed by atoms with Gasteiger partial charge in [-0.1, -0.05) is 11.6 Å². The lowest BCUT2D eigenvalue weighted by molar-refractivity contribution is 1.29. The van der Waals surface area contributed by atoms with Crippen LogP contribution in [0.4, 0.5) is 0 Å². The second kappa shape index (κ2) is 2.99. The smallest absolute Gasteiger partial charge is 0.108 e. The summed E-state index contributed by atoms with van der Waals surface area (Å²) in [4.78, 5) is 8.26.